The molecule has 0 N–H and O–H groups in total. The zero-order valence-electron chi connectivity index (χ0n) is 7.30. The van der Waals surface area contributed by atoms with Crippen LogP contribution in [-0.2, 0) is 0 Å². The Morgan fingerprint density at radius 1 is 1.07 bits per heavy atom. The van der Waals surface area contributed by atoms with Crippen LogP contribution >= 0.6 is 15.9 Å². The number of hydrogen-bond acceptors (Lipinski definition) is 0. The Bertz CT molecular complexity index is 434. The Kier molecular flexibility index (Phi) is 2.64. The summed E-state index contributed by atoms with van der Waals surface area (Å²) in [6.07, 6.45) is 0. The molecule has 0 saturated heterocycles. The molecule has 0 aromatic heterocycles. The largest absolute Gasteiger partial charge is 0.206 e. The van der Waals surface area contributed by atoms with Crippen LogP contribution < -0.4 is 0 Å². The van der Waals surface area contributed by atoms with Crippen molar-refractivity contribution in [2.75, 3.05) is 0 Å². The molecule has 2 aromatic rings. The molecule has 0 heterocycles. The third-order valence-electron chi connectivity index (χ3n) is 1.96. The highest BCUT2D eigenvalue weighted by molar-refractivity contribution is 9.10. The summed E-state index contributed by atoms with van der Waals surface area (Å²) < 4.78 is 13.6. The van der Waals surface area contributed by atoms with Gasteiger partial charge in [0.05, 0.1) is 0 Å². The molecule has 0 aliphatic carbocycles. The quantitative estimate of drug-likeness (QED) is 0.716. The molecule has 14 heavy (non-hydrogen) atoms. The molecule has 2 rings (SSSR count). The Morgan fingerprint density at radius 2 is 1.86 bits per heavy atom. The zero-order valence-corrected chi connectivity index (χ0v) is 8.88. The van der Waals surface area contributed by atoms with Gasteiger partial charge in [0.1, 0.15) is 5.82 Å². The molecule has 69 valence electrons. The van der Waals surface area contributed by atoms with E-state index < -0.39 is 0 Å². The SMILES string of the molecule is Fc1[c]cc(-c2ccccc2Br)cc1. The summed E-state index contributed by atoms with van der Waals surface area (Å²) in [5, 5.41) is 0. The molecular formula is C12H7BrF. The van der Waals surface area contributed by atoms with Crippen molar-refractivity contribution in [1.29, 1.82) is 0 Å². The van der Waals surface area contributed by atoms with Gasteiger partial charge in [0, 0.05) is 10.5 Å². The van der Waals surface area contributed by atoms with Gasteiger partial charge in [-0.3, -0.25) is 0 Å². The van der Waals surface area contributed by atoms with E-state index in [0.29, 0.717) is 0 Å². The summed E-state index contributed by atoms with van der Waals surface area (Å²) in [6, 6.07) is 15.2. The molecule has 0 fully saturated rings. The van der Waals surface area contributed by atoms with Gasteiger partial charge in [-0.05, 0) is 29.3 Å². The summed E-state index contributed by atoms with van der Waals surface area (Å²) in [4.78, 5) is 0. The monoisotopic (exact) mass is 249 g/mol. The molecule has 2 aromatic carbocycles. The second kappa shape index (κ2) is 3.93. The van der Waals surface area contributed by atoms with E-state index in [1.54, 1.807) is 12.1 Å². The van der Waals surface area contributed by atoms with Gasteiger partial charge in [0.15, 0.2) is 0 Å². The van der Waals surface area contributed by atoms with Crippen molar-refractivity contribution < 1.29 is 4.39 Å². The molecule has 0 saturated carbocycles. The molecule has 0 unspecified atom stereocenters. The molecule has 0 bridgehead atoms. The van der Waals surface area contributed by atoms with Crippen molar-refractivity contribution in [3.05, 3.63) is 58.8 Å². The van der Waals surface area contributed by atoms with Crippen LogP contribution in [0.1, 0.15) is 0 Å². The van der Waals surface area contributed by atoms with E-state index in [1.165, 1.54) is 6.07 Å². The van der Waals surface area contributed by atoms with Crippen LogP contribution in [0.3, 0.4) is 0 Å². The number of hydrogen-bond donors (Lipinski definition) is 0. The normalized spacial score (nSPS) is 10.1. The average Bonchev–Trinajstić information content (AvgIpc) is 2.20. The molecular weight excluding hydrogens is 243 g/mol. The highest BCUT2D eigenvalue weighted by Gasteiger charge is 2.01. The lowest BCUT2D eigenvalue weighted by atomic mass is 10.1. The standard InChI is InChI=1S/C12H7BrF/c13-12-4-2-1-3-11(12)9-5-7-10(14)8-6-9/h1-7H. The first kappa shape index (κ1) is 9.41. The van der Waals surface area contributed by atoms with Crippen molar-refractivity contribution >= 4 is 15.9 Å². The first-order valence-electron chi connectivity index (χ1n) is 4.19. The van der Waals surface area contributed by atoms with Gasteiger partial charge >= 0.3 is 0 Å². The van der Waals surface area contributed by atoms with Gasteiger partial charge < -0.3 is 0 Å². The fourth-order valence-electron chi connectivity index (χ4n) is 1.27. The summed E-state index contributed by atoms with van der Waals surface area (Å²) in [5.41, 5.74) is 2.00. The summed E-state index contributed by atoms with van der Waals surface area (Å²) in [7, 11) is 0. The minimum absolute atomic E-state index is 0.333. The Morgan fingerprint density at radius 3 is 2.50 bits per heavy atom. The van der Waals surface area contributed by atoms with Gasteiger partial charge in [0.2, 0.25) is 0 Å². The number of benzene rings is 2. The molecule has 1 radical (unpaired) electrons. The van der Waals surface area contributed by atoms with E-state index in [2.05, 4.69) is 22.0 Å². The van der Waals surface area contributed by atoms with E-state index >= 15 is 0 Å². The lowest BCUT2D eigenvalue weighted by Gasteiger charge is -2.03. The van der Waals surface area contributed by atoms with Crippen molar-refractivity contribution in [2.45, 2.75) is 0 Å². The maximum Gasteiger partial charge on any atom is 0.131 e. The Hall–Kier alpha value is -1.15. The first-order chi connectivity index (χ1) is 6.77. The number of rotatable bonds is 1. The lowest BCUT2D eigenvalue weighted by molar-refractivity contribution is 0.626. The molecule has 0 aliphatic heterocycles. The zero-order chi connectivity index (χ0) is 9.97. The van der Waals surface area contributed by atoms with Crippen molar-refractivity contribution in [3.8, 4) is 11.1 Å². The predicted octanol–water partition coefficient (Wildman–Crippen LogP) is 4.06. The summed E-state index contributed by atoms with van der Waals surface area (Å²) >= 11 is 3.44. The second-order valence-electron chi connectivity index (χ2n) is 2.91. The van der Waals surface area contributed by atoms with E-state index in [9.17, 15) is 4.39 Å². The van der Waals surface area contributed by atoms with Crippen molar-refractivity contribution in [1.82, 2.24) is 0 Å². The van der Waals surface area contributed by atoms with Crippen LogP contribution in [0.25, 0.3) is 11.1 Å². The molecule has 0 nitrogen and oxygen atoms in total. The second-order valence-corrected chi connectivity index (χ2v) is 3.76. The maximum atomic E-state index is 12.6. The van der Waals surface area contributed by atoms with Crippen LogP contribution in [-0.4, -0.2) is 0 Å². The topological polar surface area (TPSA) is 0 Å². The molecule has 2 heteroatoms. The van der Waals surface area contributed by atoms with E-state index in [-0.39, 0.29) is 5.82 Å². The maximum absolute atomic E-state index is 12.6. The third-order valence-corrected chi connectivity index (χ3v) is 2.65. The Balaban J connectivity index is 2.50. The highest BCUT2D eigenvalue weighted by atomic mass is 79.9. The fourth-order valence-corrected chi connectivity index (χ4v) is 1.78. The molecule has 0 amide bonds. The average molecular weight is 250 g/mol. The van der Waals surface area contributed by atoms with E-state index in [4.69, 9.17) is 0 Å². The van der Waals surface area contributed by atoms with Crippen LogP contribution in [0, 0.1) is 11.9 Å². The van der Waals surface area contributed by atoms with Crippen molar-refractivity contribution in [3.63, 3.8) is 0 Å². The van der Waals surface area contributed by atoms with Crippen LogP contribution in [0.5, 0.6) is 0 Å². The van der Waals surface area contributed by atoms with Crippen LogP contribution in [0.2, 0.25) is 0 Å². The first-order valence-corrected chi connectivity index (χ1v) is 4.99. The van der Waals surface area contributed by atoms with Gasteiger partial charge in [-0.15, -0.1) is 0 Å². The van der Waals surface area contributed by atoms with Gasteiger partial charge in [-0.1, -0.05) is 40.2 Å². The van der Waals surface area contributed by atoms with Crippen molar-refractivity contribution in [2.24, 2.45) is 0 Å². The lowest BCUT2D eigenvalue weighted by Crippen LogP contribution is -1.80. The smallest absolute Gasteiger partial charge is 0.131 e. The fraction of sp³-hybridized carbons (Fsp3) is 0. The highest BCUT2D eigenvalue weighted by Crippen LogP contribution is 2.27. The van der Waals surface area contributed by atoms with Gasteiger partial charge in [-0.25, -0.2) is 4.39 Å². The van der Waals surface area contributed by atoms with E-state index in [1.807, 2.05) is 24.3 Å². The Labute approximate surface area is 90.5 Å². The molecule has 0 aliphatic rings. The van der Waals surface area contributed by atoms with Crippen LogP contribution in [0.15, 0.2) is 46.9 Å². The predicted molar refractivity (Wildman–Crippen MR) is 58.4 cm³/mol. The van der Waals surface area contributed by atoms with Gasteiger partial charge in [0.25, 0.3) is 0 Å². The van der Waals surface area contributed by atoms with E-state index in [0.717, 1.165) is 15.6 Å². The third kappa shape index (κ3) is 1.85. The summed E-state index contributed by atoms with van der Waals surface area (Å²) in [6.45, 7) is 0. The minimum atomic E-state index is -0.333. The summed E-state index contributed by atoms with van der Waals surface area (Å²) in [5.74, 6) is -0.333. The molecule has 0 atom stereocenters. The van der Waals surface area contributed by atoms with Gasteiger partial charge in [-0.2, -0.15) is 0 Å². The minimum Gasteiger partial charge on any atom is -0.206 e. The van der Waals surface area contributed by atoms with Crippen LogP contribution in [0.4, 0.5) is 4.39 Å². The number of halogens is 2. The molecule has 0 spiro atoms.